The Hall–Kier alpha value is -1.49. The summed E-state index contributed by atoms with van der Waals surface area (Å²) in [5, 5.41) is 0. The van der Waals surface area contributed by atoms with Gasteiger partial charge in [-0.05, 0) is 6.42 Å². The molecular weight excluding hydrogens is 235 g/mol. The maximum Gasteiger partial charge on any atom is 0.167 e. The van der Waals surface area contributed by atoms with Gasteiger partial charge >= 0.3 is 0 Å². The van der Waals surface area contributed by atoms with Gasteiger partial charge in [0.25, 0.3) is 0 Å². The van der Waals surface area contributed by atoms with Crippen molar-refractivity contribution in [3.05, 3.63) is 17.9 Å². The number of morpholine rings is 1. The van der Waals surface area contributed by atoms with Crippen molar-refractivity contribution in [1.29, 1.82) is 0 Å². The first kappa shape index (κ1) is 13.0. The fraction of sp³-hybridized carbons (Fsp3) is 0.538. The lowest BCUT2D eigenvalue weighted by atomic mass is 10.1. The molecule has 1 atom stereocenters. The largest absolute Gasteiger partial charge is 0.494 e. The summed E-state index contributed by atoms with van der Waals surface area (Å²) < 4.78 is 24.0. The fourth-order valence-corrected chi connectivity index (χ4v) is 2.27. The summed E-state index contributed by atoms with van der Waals surface area (Å²) in [4.78, 5) is 2.17. The number of nitrogen functional groups attached to an aromatic ring is 1. The number of hydrogen-bond donors (Lipinski definition) is 1. The standard InChI is InChI=1S/C13H19FN2O2/c1-3-9-8-18-5-4-16(9)12-7-13(17-2)10(14)6-11(12)15/h6-7,9H,3-5,8,15H2,1-2H3. The molecule has 1 aromatic carbocycles. The van der Waals surface area contributed by atoms with Crippen LogP contribution in [0.3, 0.4) is 0 Å². The first-order valence-electron chi connectivity index (χ1n) is 6.14. The number of anilines is 2. The Kier molecular flexibility index (Phi) is 3.91. The van der Waals surface area contributed by atoms with E-state index in [9.17, 15) is 4.39 Å². The van der Waals surface area contributed by atoms with Gasteiger partial charge in [-0.15, -0.1) is 0 Å². The number of nitrogens with zero attached hydrogens (tertiary/aromatic N) is 1. The lowest BCUT2D eigenvalue weighted by Crippen LogP contribution is -2.45. The number of halogens is 1. The zero-order chi connectivity index (χ0) is 13.1. The summed E-state index contributed by atoms with van der Waals surface area (Å²) >= 11 is 0. The molecule has 0 amide bonds. The van der Waals surface area contributed by atoms with Gasteiger partial charge in [0, 0.05) is 18.7 Å². The van der Waals surface area contributed by atoms with Crippen LogP contribution >= 0.6 is 0 Å². The van der Waals surface area contributed by atoms with Crippen molar-refractivity contribution >= 4 is 11.4 Å². The maximum atomic E-state index is 13.5. The minimum atomic E-state index is -0.431. The fourth-order valence-electron chi connectivity index (χ4n) is 2.27. The van der Waals surface area contributed by atoms with Crippen molar-refractivity contribution in [3.8, 4) is 5.75 Å². The lowest BCUT2D eigenvalue weighted by molar-refractivity contribution is 0.0930. The third kappa shape index (κ3) is 2.36. The van der Waals surface area contributed by atoms with Crippen LogP contribution in [0.25, 0.3) is 0 Å². The Morgan fingerprint density at radius 1 is 1.56 bits per heavy atom. The van der Waals surface area contributed by atoms with Crippen LogP contribution < -0.4 is 15.4 Å². The second-order valence-corrected chi connectivity index (χ2v) is 4.38. The van der Waals surface area contributed by atoms with E-state index in [1.54, 1.807) is 6.07 Å². The summed E-state index contributed by atoms with van der Waals surface area (Å²) in [5.74, 6) is -0.208. The molecule has 1 heterocycles. The number of hydrogen-bond acceptors (Lipinski definition) is 4. The molecule has 1 aromatic rings. The number of ether oxygens (including phenoxy) is 2. The van der Waals surface area contributed by atoms with Gasteiger partial charge in [-0.25, -0.2) is 4.39 Å². The second kappa shape index (κ2) is 5.44. The molecule has 18 heavy (non-hydrogen) atoms. The van der Waals surface area contributed by atoms with E-state index in [0.717, 1.165) is 18.7 Å². The predicted molar refractivity (Wildman–Crippen MR) is 69.6 cm³/mol. The Balaban J connectivity index is 2.36. The van der Waals surface area contributed by atoms with Crippen LogP contribution in [0.2, 0.25) is 0 Å². The SMILES string of the molecule is CCC1COCCN1c1cc(OC)c(F)cc1N. The molecule has 0 aliphatic carbocycles. The number of methoxy groups -OCH3 is 1. The van der Waals surface area contributed by atoms with E-state index >= 15 is 0 Å². The molecule has 1 fully saturated rings. The van der Waals surface area contributed by atoms with Crippen LogP contribution in [-0.2, 0) is 4.74 Å². The van der Waals surface area contributed by atoms with Crippen molar-refractivity contribution in [1.82, 2.24) is 0 Å². The Morgan fingerprint density at radius 3 is 3.00 bits per heavy atom. The minimum absolute atomic E-state index is 0.223. The Morgan fingerprint density at radius 2 is 2.33 bits per heavy atom. The summed E-state index contributed by atoms with van der Waals surface area (Å²) in [6.07, 6.45) is 0.957. The molecule has 0 aromatic heterocycles. The van der Waals surface area contributed by atoms with Gasteiger partial charge in [0.1, 0.15) is 0 Å². The molecule has 1 unspecified atom stereocenters. The number of nitrogens with two attached hydrogens (primary N) is 1. The molecule has 100 valence electrons. The zero-order valence-corrected chi connectivity index (χ0v) is 10.8. The third-order valence-corrected chi connectivity index (χ3v) is 3.31. The monoisotopic (exact) mass is 254 g/mol. The Labute approximate surface area is 106 Å². The summed E-state index contributed by atoms with van der Waals surface area (Å²) in [6, 6.07) is 3.26. The van der Waals surface area contributed by atoms with Crippen molar-refractivity contribution in [2.24, 2.45) is 0 Å². The van der Waals surface area contributed by atoms with Gasteiger partial charge in [0.05, 0.1) is 37.7 Å². The lowest BCUT2D eigenvalue weighted by Gasteiger charge is -2.37. The minimum Gasteiger partial charge on any atom is -0.494 e. The van der Waals surface area contributed by atoms with Crippen molar-refractivity contribution in [3.63, 3.8) is 0 Å². The summed E-state index contributed by atoms with van der Waals surface area (Å²) in [6.45, 7) is 4.20. The van der Waals surface area contributed by atoms with E-state index in [1.165, 1.54) is 13.2 Å². The first-order chi connectivity index (χ1) is 8.67. The van der Waals surface area contributed by atoms with E-state index < -0.39 is 5.82 Å². The average molecular weight is 254 g/mol. The Bertz CT molecular complexity index is 426. The van der Waals surface area contributed by atoms with Crippen molar-refractivity contribution < 1.29 is 13.9 Å². The molecule has 4 nitrogen and oxygen atoms in total. The summed E-state index contributed by atoms with van der Waals surface area (Å²) in [7, 11) is 1.45. The molecule has 1 saturated heterocycles. The maximum absolute atomic E-state index is 13.5. The van der Waals surface area contributed by atoms with Crippen LogP contribution in [0.15, 0.2) is 12.1 Å². The van der Waals surface area contributed by atoms with E-state index in [0.29, 0.717) is 18.9 Å². The van der Waals surface area contributed by atoms with E-state index in [1.807, 2.05) is 0 Å². The summed E-state index contributed by atoms with van der Waals surface area (Å²) in [5.41, 5.74) is 7.18. The highest BCUT2D eigenvalue weighted by Gasteiger charge is 2.24. The van der Waals surface area contributed by atoms with Gasteiger partial charge < -0.3 is 20.1 Å². The van der Waals surface area contributed by atoms with Crippen LogP contribution in [-0.4, -0.2) is 32.9 Å². The van der Waals surface area contributed by atoms with Crippen molar-refractivity contribution in [2.45, 2.75) is 19.4 Å². The van der Waals surface area contributed by atoms with E-state index in [4.69, 9.17) is 15.2 Å². The van der Waals surface area contributed by atoms with Crippen LogP contribution in [0, 0.1) is 5.82 Å². The molecule has 5 heteroatoms. The van der Waals surface area contributed by atoms with Gasteiger partial charge in [-0.2, -0.15) is 0 Å². The van der Waals surface area contributed by atoms with Crippen LogP contribution in [0.1, 0.15) is 13.3 Å². The topological polar surface area (TPSA) is 47.7 Å². The first-order valence-corrected chi connectivity index (χ1v) is 6.14. The quantitative estimate of drug-likeness (QED) is 0.838. The zero-order valence-electron chi connectivity index (χ0n) is 10.8. The predicted octanol–water partition coefficient (Wildman–Crippen LogP) is 2.03. The van der Waals surface area contributed by atoms with E-state index in [-0.39, 0.29) is 11.8 Å². The molecule has 2 N–H and O–H groups in total. The van der Waals surface area contributed by atoms with Gasteiger partial charge in [0.2, 0.25) is 0 Å². The highest BCUT2D eigenvalue weighted by Crippen LogP contribution is 2.33. The van der Waals surface area contributed by atoms with E-state index in [2.05, 4.69) is 11.8 Å². The number of benzene rings is 1. The highest BCUT2D eigenvalue weighted by atomic mass is 19.1. The van der Waals surface area contributed by atoms with Gasteiger partial charge in [-0.3, -0.25) is 0 Å². The smallest absolute Gasteiger partial charge is 0.167 e. The van der Waals surface area contributed by atoms with Crippen molar-refractivity contribution in [2.75, 3.05) is 37.5 Å². The van der Waals surface area contributed by atoms with Crippen LogP contribution in [0.4, 0.5) is 15.8 Å². The molecule has 0 spiro atoms. The van der Waals surface area contributed by atoms with Crippen LogP contribution in [0.5, 0.6) is 5.75 Å². The molecule has 1 aliphatic rings. The normalized spacial score (nSPS) is 19.9. The molecule has 2 rings (SSSR count). The average Bonchev–Trinajstić information content (AvgIpc) is 2.39. The molecular formula is C13H19FN2O2. The molecule has 0 saturated carbocycles. The third-order valence-electron chi connectivity index (χ3n) is 3.31. The van der Waals surface area contributed by atoms with Gasteiger partial charge in [0.15, 0.2) is 11.6 Å². The molecule has 0 radical (unpaired) electrons. The van der Waals surface area contributed by atoms with Gasteiger partial charge in [-0.1, -0.05) is 6.92 Å². The second-order valence-electron chi connectivity index (χ2n) is 4.38. The molecule has 0 bridgehead atoms. The molecule has 1 aliphatic heterocycles. The highest BCUT2D eigenvalue weighted by molar-refractivity contribution is 5.70. The number of rotatable bonds is 3.